The third kappa shape index (κ3) is 15.7. The topological polar surface area (TPSA) is 158 Å². The van der Waals surface area contributed by atoms with Gasteiger partial charge >= 0.3 is 0 Å². The summed E-state index contributed by atoms with van der Waals surface area (Å²) in [5.41, 5.74) is 0. The monoisotopic (exact) mass is 240 g/mol. The van der Waals surface area contributed by atoms with Gasteiger partial charge in [0.15, 0.2) is 0 Å². The van der Waals surface area contributed by atoms with Crippen LogP contribution in [0.25, 0.3) is 0 Å². The second kappa shape index (κ2) is 18.7. The highest BCUT2D eigenvalue weighted by atomic mass is 32.1. The molecule has 0 unspecified atom stereocenters. The molecule has 0 radical (unpaired) electrons. The van der Waals surface area contributed by atoms with Gasteiger partial charge in [0.1, 0.15) is 0 Å². The van der Waals surface area contributed by atoms with E-state index in [1.807, 2.05) is 30.3 Å². The van der Waals surface area contributed by atoms with Gasteiger partial charge in [0.25, 0.3) is 0 Å². The van der Waals surface area contributed by atoms with Crippen molar-refractivity contribution in [3.63, 3.8) is 0 Å². The summed E-state index contributed by atoms with van der Waals surface area (Å²) in [6, 6.07) is 12.3. The van der Waals surface area contributed by atoms with Crippen LogP contribution in [0, 0.1) is 6.92 Å². The second-order valence-electron chi connectivity index (χ2n) is 1.99. The molecule has 0 aromatic carbocycles. The molecular weight excluding hydrogens is 220 g/mol. The SMILES string of the molecule is Cc1cccccccs1.O.O.O.O.O. The summed E-state index contributed by atoms with van der Waals surface area (Å²) in [5.74, 6) is 0. The Hall–Kier alpha value is -1.02. The number of rotatable bonds is 0. The van der Waals surface area contributed by atoms with Crippen LogP contribution in [0.3, 0.4) is 0 Å². The van der Waals surface area contributed by atoms with Crippen molar-refractivity contribution in [1.82, 2.24) is 0 Å². The first kappa shape index (κ1) is 29.2. The molecule has 0 spiro atoms. The molecule has 0 bridgehead atoms. The van der Waals surface area contributed by atoms with Gasteiger partial charge in [-0.3, -0.25) is 0 Å². The Morgan fingerprint density at radius 2 is 1.20 bits per heavy atom. The van der Waals surface area contributed by atoms with Gasteiger partial charge in [0.05, 0.1) is 0 Å². The van der Waals surface area contributed by atoms with Crippen molar-refractivity contribution in [1.29, 1.82) is 0 Å². The van der Waals surface area contributed by atoms with E-state index in [9.17, 15) is 0 Å². The smallest absolute Gasteiger partial charge is 0.00139 e. The molecular formula is C9H20O5S. The summed E-state index contributed by atoms with van der Waals surface area (Å²) in [7, 11) is 0. The van der Waals surface area contributed by atoms with E-state index in [1.165, 1.54) is 4.88 Å². The van der Waals surface area contributed by atoms with E-state index >= 15 is 0 Å². The molecule has 0 saturated heterocycles. The van der Waals surface area contributed by atoms with Crippen molar-refractivity contribution >= 4 is 11.3 Å². The van der Waals surface area contributed by atoms with E-state index in [-0.39, 0.29) is 27.4 Å². The fourth-order valence-electron chi connectivity index (χ4n) is 0.615. The molecule has 6 heteroatoms. The quantitative estimate of drug-likeness (QED) is 0.548. The maximum atomic E-state index is 2.10. The van der Waals surface area contributed by atoms with E-state index in [4.69, 9.17) is 0 Å². The molecule has 1 rings (SSSR count). The molecule has 0 aliphatic rings. The molecule has 5 nitrogen and oxygen atoms in total. The zero-order valence-electron chi connectivity index (χ0n) is 8.45. The molecule has 1 aromatic rings. The van der Waals surface area contributed by atoms with Crippen LogP contribution >= 0.6 is 11.3 Å². The molecule has 0 atom stereocenters. The van der Waals surface area contributed by atoms with Crippen LogP contribution in [0.5, 0.6) is 0 Å². The van der Waals surface area contributed by atoms with E-state index < -0.39 is 0 Å². The second-order valence-corrected chi connectivity index (χ2v) is 3.15. The number of hydrogen-bond acceptors (Lipinski definition) is 1. The Bertz CT molecular complexity index is 226. The van der Waals surface area contributed by atoms with Crippen molar-refractivity contribution < 1.29 is 27.4 Å². The van der Waals surface area contributed by atoms with Gasteiger partial charge < -0.3 is 27.4 Å². The summed E-state index contributed by atoms with van der Waals surface area (Å²) in [4.78, 5) is 1.32. The summed E-state index contributed by atoms with van der Waals surface area (Å²) in [6.45, 7) is 2.10. The highest BCUT2D eigenvalue weighted by Gasteiger charge is 1.71. The molecule has 1 aromatic heterocycles. The summed E-state index contributed by atoms with van der Waals surface area (Å²) in [5, 5.41) is 2.08. The average molecular weight is 240 g/mol. The van der Waals surface area contributed by atoms with Gasteiger partial charge in [0, 0.05) is 4.88 Å². The Labute approximate surface area is 92.9 Å². The lowest BCUT2D eigenvalue weighted by molar-refractivity contribution is 0.823. The van der Waals surface area contributed by atoms with Gasteiger partial charge in [-0.15, -0.1) is 11.3 Å². The van der Waals surface area contributed by atoms with Crippen LogP contribution in [0.1, 0.15) is 4.88 Å². The van der Waals surface area contributed by atoms with Crippen molar-refractivity contribution in [2.75, 3.05) is 0 Å². The minimum Gasteiger partial charge on any atom is -0.412 e. The van der Waals surface area contributed by atoms with Crippen molar-refractivity contribution in [3.8, 4) is 0 Å². The fourth-order valence-corrected chi connectivity index (χ4v) is 1.16. The van der Waals surface area contributed by atoms with Crippen LogP contribution in [-0.4, -0.2) is 27.4 Å². The molecule has 1 heterocycles. The molecule has 92 valence electrons. The summed E-state index contributed by atoms with van der Waals surface area (Å²) >= 11 is 1.74. The summed E-state index contributed by atoms with van der Waals surface area (Å²) in [6.07, 6.45) is 0. The Morgan fingerprint density at radius 1 is 0.733 bits per heavy atom. The standard InChI is InChI=1S/C9H10S.5H2O/c1-9-7-5-3-2-4-6-8-10-9;;;;;/h2-8H,1H3;5*1H2. The zero-order valence-corrected chi connectivity index (χ0v) is 9.27. The third-order valence-corrected chi connectivity index (χ3v) is 1.91. The van der Waals surface area contributed by atoms with Crippen molar-refractivity contribution in [2.24, 2.45) is 0 Å². The van der Waals surface area contributed by atoms with Crippen LogP contribution in [-0.2, 0) is 0 Å². The van der Waals surface area contributed by atoms with Crippen LogP contribution in [0.4, 0.5) is 0 Å². The number of hydrogen-bond donors (Lipinski definition) is 0. The predicted octanol–water partition coefficient (Wildman–Crippen LogP) is -0.943. The van der Waals surface area contributed by atoms with Crippen LogP contribution in [0.2, 0.25) is 0 Å². The molecule has 0 aliphatic carbocycles. The van der Waals surface area contributed by atoms with Gasteiger partial charge in [-0.25, -0.2) is 0 Å². The maximum absolute atomic E-state index is 2.10. The van der Waals surface area contributed by atoms with E-state index in [0.717, 1.165) is 0 Å². The van der Waals surface area contributed by atoms with E-state index in [0.29, 0.717) is 0 Å². The lowest BCUT2D eigenvalue weighted by Crippen LogP contribution is -1.51. The van der Waals surface area contributed by atoms with Crippen molar-refractivity contribution in [3.05, 3.63) is 46.7 Å². The molecule has 0 fully saturated rings. The highest BCUT2D eigenvalue weighted by Crippen LogP contribution is 1.99. The van der Waals surface area contributed by atoms with E-state index in [1.54, 1.807) is 11.3 Å². The summed E-state index contributed by atoms with van der Waals surface area (Å²) < 4.78 is 0. The molecule has 0 amide bonds. The predicted molar refractivity (Wildman–Crippen MR) is 64.8 cm³/mol. The minimum absolute atomic E-state index is 0. The minimum atomic E-state index is 0. The Balaban J connectivity index is -0.0000000667. The van der Waals surface area contributed by atoms with Gasteiger partial charge in [-0.1, -0.05) is 30.3 Å². The Morgan fingerprint density at radius 3 is 1.80 bits per heavy atom. The van der Waals surface area contributed by atoms with Crippen LogP contribution in [0.15, 0.2) is 41.8 Å². The normalized spacial score (nSPS) is 5.67. The first-order valence-corrected chi connectivity index (χ1v) is 4.11. The molecule has 15 heavy (non-hydrogen) atoms. The van der Waals surface area contributed by atoms with Gasteiger partial charge in [-0.05, 0) is 18.4 Å². The molecule has 10 N–H and O–H groups in total. The average Bonchev–Trinajstić information content (AvgIpc) is 2.02. The van der Waals surface area contributed by atoms with Crippen LogP contribution < -0.4 is 0 Å². The maximum Gasteiger partial charge on any atom is 0.00139 e. The van der Waals surface area contributed by atoms with Gasteiger partial charge in [-0.2, -0.15) is 0 Å². The molecule has 0 aliphatic heterocycles. The third-order valence-electron chi connectivity index (χ3n) is 1.11. The van der Waals surface area contributed by atoms with Gasteiger partial charge in [0.2, 0.25) is 0 Å². The number of aryl methyl sites for hydroxylation is 1. The lowest BCUT2D eigenvalue weighted by atomic mass is 10.4. The first-order valence-electron chi connectivity index (χ1n) is 3.23. The largest absolute Gasteiger partial charge is 0.412 e. The molecule has 0 saturated carbocycles. The highest BCUT2D eigenvalue weighted by molar-refractivity contribution is 7.09. The fraction of sp³-hybridized carbons (Fsp3) is 0.111. The Kier molecular flexibility index (Phi) is 36.4. The lowest BCUT2D eigenvalue weighted by Gasteiger charge is -1.76. The van der Waals surface area contributed by atoms with Crippen molar-refractivity contribution in [2.45, 2.75) is 6.92 Å². The first-order chi connectivity index (χ1) is 4.89. The zero-order chi connectivity index (χ0) is 7.23. The van der Waals surface area contributed by atoms with E-state index in [2.05, 4.69) is 18.4 Å².